The lowest BCUT2D eigenvalue weighted by atomic mass is 9.99. The molecule has 0 aliphatic rings. The summed E-state index contributed by atoms with van der Waals surface area (Å²) in [5.41, 5.74) is 0. The molecule has 3 N–H and O–H groups in total. The Kier molecular flexibility index (Phi) is 55.9. The third kappa shape index (κ3) is 57.0. The normalized spacial score (nSPS) is 15.3. The van der Waals surface area contributed by atoms with Crippen molar-refractivity contribution in [2.24, 2.45) is 17.8 Å². The summed E-state index contributed by atoms with van der Waals surface area (Å²) in [5, 5.41) is 10.5. The summed E-state index contributed by atoms with van der Waals surface area (Å²) in [6.45, 7) is 11.7. The van der Waals surface area contributed by atoms with Crippen molar-refractivity contribution in [1.82, 2.24) is 0 Å². The molecule has 0 heterocycles. The molecule has 5 unspecified atom stereocenters. The minimum absolute atomic E-state index is 0.102. The van der Waals surface area contributed by atoms with Gasteiger partial charge in [-0.25, -0.2) is 9.13 Å². The maximum atomic E-state index is 13.0. The molecule has 0 saturated carbocycles. The second-order valence-corrected chi connectivity index (χ2v) is 27.5. The summed E-state index contributed by atoms with van der Waals surface area (Å²) in [6, 6.07) is 0. The van der Waals surface area contributed by atoms with Crippen LogP contribution in [0, 0.1) is 17.8 Å². The molecule has 0 spiro atoms. The lowest BCUT2D eigenvalue weighted by molar-refractivity contribution is -0.161. The molecular formula is C66H128O17P2. The van der Waals surface area contributed by atoms with Gasteiger partial charge in [0.25, 0.3) is 0 Å². The molecular weight excluding hydrogens is 1130 g/mol. The van der Waals surface area contributed by atoms with Crippen LogP contribution in [0.1, 0.15) is 325 Å². The number of rotatable bonds is 64. The van der Waals surface area contributed by atoms with Gasteiger partial charge in [0.15, 0.2) is 12.2 Å². The molecule has 504 valence electrons. The Labute approximate surface area is 517 Å². The van der Waals surface area contributed by atoms with E-state index < -0.39 is 97.5 Å². The molecule has 0 aromatic carbocycles. The van der Waals surface area contributed by atoms with E-state index in [-0.39, 0.29) is 25.7 Å². The third-order valence-electron chi connectivity index (χ3n) is 16.2. The zero-order valence-electron chi connectivity index (χ0n) is 55.1. The standard InChI is InChI=1S/C66H128O17P2/c1-8-12-13-14-23-33-40-47-63(68)76-53-62(83-66(71)50-43-36-29-27-32-39-46-59(7)11-4)56-81-85(74,75)79-52-60(67)51-78-84(72,73)80-55-61(54-77-64(69)48-41-34-28-26-31-38-45-58(6)10-3)82-65(70)49-42-35-25-22-20-18-16-15-17-19-21-24-30-37-44-57(5)9-2/h57-62,67H,8-56H2,1-7H3,(H,72,73)(H,74,75)/t57?,58?,59?,60-,61-,62-/m1/s1. The summed E-state index contributed by atoms with van der Waals surface area (Å²) in [7, 11) is -9.89. The molecule has 85 heavy (non-hydrogen) atoms. The first-order chi connectivity index (χ1) is 40.8. The summed E-state index contributed by atoms with van der Waals surface area (Å²) in [6.07, 6.45) is 39.1. The van der Waals surface area contributed by atoms with Crippen molar-refractivity contribution in [2.45, 2.75) is 343 Å². The number of phosphoric ester groups is 2. The Bertz CT molecular complexity index is 1690. The van der Waals surface area contributed by atoms with E-state index in [1.54, 1.807) is 0 Å². The van der Waals surface area contributed by atoms with Crippen LogP contribution in [0.15, 0.2) is 0 Å². The predicted octanol–water partition coefficient (Wildman–Crippen LogP) is 18.3. The van der Waals surface area contributed by atoms with Crippen molar-refractivity contribution in [3.63, 3.8) is 0 Å². The van der Waals surface area contributed by atoms with Gasteiger partial charge in [0.05, 0.1) is 26.4 Å². The van der Waals surface area contributed by atoms with E-state index in [9.17, 15) is 43.2 Å². The largest absolute Gasteiger partial charge is 0.472 e. The SMILES string of the molecule is CCCCCCCCCC(=O)OC[C@H](COP(=O)(O)OC[C@H](O)COP(=O)(O)OC[C@@H](COC(=O)CCCCCCCCC(C)CC)OC(=O)CCCCCCCCCCCCCCCCC(C)CC)OC(=O)CCCCCCCCC(C)CC. The molecule has 8 atom stereocenters. The fourth-order valence-electron chi connectivity index (χ4n) is 9.74. The highest BCUT2D eigenvalue weighted by Crippen LogP contribution is 2.45. The average Bonchev–Trinajstić information content (AvgIpc) is 3.62. The number of esters is 4. The Morgan fingerprint density at radius 1 is 0.329 bits per heavy atom. The van der Waals surface area contributed by atoms with Gasteiger partial charge in [-0.1, -0.05) is 273 Å². The molecule has 17 nitrogen and oxygen atoms in total. The highest BCUT2D eigenvalue weighted by Gasteiger charge is 2.30. The Hall–Kier alpha value is -1.94. The fourth-order valence-corrected chi connectivity index (χ4v) is 11.3. The monoisotopic (exact) mass is 1250 g/mol. The number of ether oxygens (including phenoxy) is 4. The number of phosphoric acid groups is 2. The second kappa shape index (κ2) is 57.2. The van der Waals surface area contributed by atoms with Crippen molar-refractivity contribution < 1.29 is 80.2 Å². The van der Waals surface area contributed by atoms with Gasteiger partial charge >= 0.3 is 39.5 Å². The number of hydrogen-bond acceptors (Lipinski definition) is 15. The summed E-state index contributed by atoms with van der Waals surface area (Å²) < 4.78 is 68.0. The molecule has 0 aliphatic heterocycles. The van der Waals surface area contributed by atoms with Crippen LogP contribution in [0.2, 0.25) is 0 Å². The van der Waals surface area contributed by atoms with E-state index in [0.717, 1.165) is 127 Å². The summed E-state index contributed by atoms with van der Waals surface area (Å²) in [5.74, 6) is 0.157. The summed E-state index contributed by atoms with van der Waals surface area (Å²) in [4.78, 5) is 72.2. The molecule has 0 aromatic rings. The van der Waals surface area contributed by atoms with Gasteiger partial charge in [-0.05, 0) is 43.4 Å². The fraction of sp³-hybridized carbons (Fsp3) is 0.939. The van der Waals surface area contributed by atoms with Crippen LogP contribution in [-0.4, -0.2) is 96.7 Å². The van der Waals surface area contributed by atoms with Gasteiger partial charge in [0, 0.05) is 25.7 Å². The van der Waals surface area contributed by atoms with Crippen molar-refractivity contribution in [1.29, 1.82) is 0 Å². The predicted molar refractivity (Wildman–Crippen MR) is 340 cm³/mol. The van der Waals surface area contributed by atoms with Crippen molar-refractivity contribution >= 4 is 39.5 Å². The van der Waals surface area contributed by atoms with Crippen LogP contribution < -0.4 is 0 Å². The zero-order valence-corrected chi connectivity index (χ0v) is 56.9. The van der Waals surface area contributed by atoms with Crippen LogP contribution in [0.5, 0.6) is 0 Å². The second-order valence-electron chi connectivity index (χ2n) is 24.6. The number of hydrogen-bond donors (Lipinski definition) is 3. The topological polar surface area (TPSA) is 237 Å². The first kappa shape index (κ1) is 83.1. The van der Waals surface area contributed by atoms with Crippen molar-refractivity contribution in [3.8, 4) is 0 Å². The lowest BCUT2D eigenvalue weighted by Gasteiger charge is -2.21. The van der Waals surface area contributed by atoms with Gasteiger partial charge in [-0.3, -0.25) is 37.3 Å². The minimum Gasteiger partial charge on any atom is -0.462 e. The molecule has 0 rings (SSSR count). The Morgan fingerprint density at radius 2 is 0.565 bits per heavy atom. The molecule has 0 radical (unpaired) electrons. The zero-order chi connectivity index (χ0) is 63.1. The third-order valence-corrected chi connectivity index (χ3v) is 18.1. The number of carbonyl (C=O) groups excluding carboxylic acids is 4. The first-order valence-electron chi connectivity index (χ1n) is 34.5. The van der Waals surface area contributed by atoms with Gasteiger partial charge in [0.2, 0.25) is 0 Å². The van der Waals surface area contributed by atoms with E-state index in [0.29, 0.717) is 25.7 Å². The van der Waals surface area contributed by atoms with Crippen LogP contribution >= 0.6 is 15.6 Å². The summed E-state index contributed by atoms with van der Waals surface area (Å²) >= 11 is 0. The van der Waals surface area contributed by atoms with Gasteiger partial charge in [-0.15, -0.1) is 0 Å². The van der Waals surface area contributed by atoms with E-state index >= 15 is 0 Å². The maximum Gasteiger partial charge on any atom is 0.472 e. The molecule has 19 heteroatoms. The molecule has 0 aliphatic carbocycles. The number of carbonyl (C=O) groups is 4. The molecule has 0 bridgehead atoms. The highest BCUT2D eigenvalue weighted by atomic mass is 31.2. The van der Waals surface area contributed by atoms with Gasteiger partial charge in [-0.2, -0.15) is 0 Å². The quantitative estimate of drug-likeness (QED) is 0.0222. The lowest BCUT2D eigenvalue weighted by Crippen LogP contribution is -2.30. The van der Waals surface area contributed by atoms with Crippen LogP contribution in [0.25, 0.3) is 0 Å². The number of aliphatic hydroxyl groups is 1. The molecule has 0 amide bonds. The average molecular weight is 1260 g/mol. The first-order valence-corrected chi connectivity index (χ1v) is 37.5. The van der Waals surface area contributed by atoms with E-state index in [4.69, 9.17) is 37.0 Å². The molecule has 0 saturated heterocycles. The van der Waals surface area contributed by atoms with Crippen LogP contribution in [0.3, 0.4) is 0 Å². The number of aliphatic hydroxyl groups excluding tert-OH is 1. The smallest absolute Gasteiger partial charge is 0.462 e. The molecule has 0 aromatic heterocycles. The van der Waals surface area contributed by atoms with E-state index in [1.807, 2.05) is 0 Å². The highest BCUT2D eigenvalue weighted by molar-refractivity contribution is 7.47. The van der Waals surface area contributed by atoms with Crippen molar-refractivity contribution in [2.75, 3.05) is 39.6 Å². The Balaban J connectivity index is 5.19. The van der Waals surface area contributed by atoms with Crippen LogP contribution in [0.4, 0.5) is 0 Å². The minimum atomic E-state index is -4.95. The van der Waals surface area contributed by atoms with Crippen LogP contribution in [-0.2, 0) is 65.4 Å². The van der Waals surface area contributed by atoms with E-state index in [2.05, 4.69) is 48.5 Å². The van der Waals surface area contributed by atoms with Crippen molar-refractivity contribution in [3.05, 3.63) is 0 Å². The van der Waals surface area contributed by atoms with Gasteiger partial charge < -0.3 is 33.8 Å². The molecule has 0 fully saturated rings. The maximum absolute atomic E-state index is 13.0. The Morgan fingerprint density at radius 3 is 0.835 bits per heavy atom. The number of unbranched alkanes of at least 4 members (excludes halogenated alkanes) is 29. The van der Waals surface area contributed by atoms with Gasteiger partial charge in [0.1, 0.15) is 19.3 Å². The van der Waals surface area contributed by atoms with E-state index in [1.165, 1.54) is 116 Å².